The van der Waals surface area contributed by atoms with Crippen molar-refractivity contribution in [3.63, 3.8) is 0 Å². The molecule has 1 N–H and O–H groups in total. The molecule has 102 valence electrons. The molecule has 0 aromatic heterocycles. The lowest BCUT2D eigenvalue weighted by Gasteiger charge is -2.51. The Morgan fingerprint density at radius 3 is 2.22 bits per heavy atom. The van der Waals surface area contributed by atoms with Crippen LogP contribution in [0.1, 0.15) is 38.5 Å². The Bertz CT molecular complexity index is 299. The van der Waals surface area contributed by atoms with Crippen LogP contribution in [0.15, 0.2) is 0 Å². The van der Waals surface area contributed by atoms with Crippen molar-refractivity contribution >= 4 is 0 Å². The third-order valence-electron chi connectivity index (χ3n) is 6.17. The summed E-state index contributed by atoms with van der Waals surface area (Å²) in [5.74, 6) is 0.993. The third-order valence-corrected chi connectivity index (χ3v) is 6.17. The molecule has 4 bridgehead atoms. The van der Waals surface area contributed by atoms with E-state index in [-0.39, 0.29) is 0 Å². The molecule has 0 aromatic rings. The molecule has 5 aliphatic heterocycles. The van der Waals surface area contributed by atoms with E-state index in [2.05, 4.69) is 22.2 Å². The van der Waals surface area contributed by atoms with Crippen molar-refractivity contribution in [3.8, 4) is 0 Å². The lowest BCUT2D eigenvalue weighted by atomic mass is 9.82. The highest BCUT2D eigenvalue weighted by Crippen LogP contribution is 2.35. The summed E-state index contributed by atoms with van der Waals surface area (Å²) in [6.07, 6.45) is 8.55. The topological polar surface area (TPSA) is 18.5 Å². The molecule has 0 aliphatic carbocycles. The summed E-state index contributed by atoms with van der Waals surface area (Å²) in [6.45, 7) is 4.08. The molecule has 0 saturated carbocycles. The van der Waals surface area contributed by atoms with Gasteiger partial charge in [0.2, 0.25) is 0 Å². The van der Waals surface area contributed by atoms with Crippen LogP contribution in [-0.2, 0) is 0 Å². The quantitative estimate of drug-likeness (QED) is 0.796. The van der Waals surface area contributed by atoms with Gasteiger partial charge in [0, 0.05) is 30.7 Å². The summed E-state index contributed by atoms with van der Waals surface area (Å²) in [5.41, 5.74) is 0. The van der Waals surface area contributed by atoms with Gasteiger partial charge in [0.25, 0.3) is 0 Å². The van der Waals surface area contributed by atoms with E-state index >= 15 is 0 Å². The molecular weight excluding hydrogens is 222 g/mol. The van der Waals surface area contributed by atoms with Crippen molar-refractivity contribution in [3.05, 3.63) is 0 Å². The van der Waals surface area contributed by atoms with Gasteiger partial charge in [-0.1, -0.05) is 0 Å². The SMILES string of the molecule is CN(C1CC2CCC(C1)N2)C1CN2CCC1CC2. The van der Waals surface area contributed by atoms with Crippen molar-refractivity contribution in [2.75, 3.05) is 26.7 Å². The molecule has 0 amide bonds. The number of piperidine rings is 4. The minimum Gasteiger partial charge on any atom is -0.311 e. The first-order chi connectivity index (χ1) is 8.79. The summed E-state index contributed by atoms with van der Waals surface area (Å²) >= 11 is 0. The van der Waals surface area contributed by atoms with E-state index in [4.69, 9.17) is 0 Å². The van der Waals surface area contributed by atoms with Crippen molar-refractivity contribution in [2.24, 2.45) is 5.92 Å². The van der Waals surface area contributed by atoms with Crippen molar-refractivity contribution in [2.45, 2.75) is 62.7 Å². The van der Waals surface area contributed by atoms with Gasteiger partial charge in [-0.15, -0.1) is 0 Å². The zero-order valence-corrected chi connectivity index (χ0v) is 11.6. The highest BCUT2D eigenvalue weighted by atomic mass is 15.3. The number of hydrogen-bond donors (Lipinski definition) is 1. The van der Waals surface area contributed by atoms with Crippen molar-refractivity contribution in [1.82, 2.24) is 15.1 Å². The molecule has 0 radical (unpaired) electrons. The normalized spacial score (nSPS) is 51.0. The summed E-state index contributed by atoms with van der Waals surface area (Å²) < 4.78 is 0. The van der Waals surface area contributed by atoms with Gasteiger partial charge < -0.3 is 10.2 Å². The number of hydrogen-bond acceptors (Lipinski definition) is 3. The number of nitrogens with zero attached hydrogens (tertiary/aromatic N) is 2. The maximum absolute atomic E-state index is 3.77. The Morgan fingerprint density at radius 1 is 1.00 bits per heavy atom. The minimum atomic E-state index is 0.831. The summed E-state index contributed by atoms with van der Waals surface area (Å²) in [7, 11) is 2.42. The maximum atomic E-state index is 3.77. The van der Waals surface area contributed by atoms with E-state index in [0.717, 1.165) is 30.1 Å². The number of likely N-dealkylation sites (N-methyl/N-ethyl adjacent to an activating group) is 1. The van der Waals surface area contributed by atoms with Gasteiger partial charge in [-0.25, -0.2) is 0 Å². The van der Waals surface area contributed by atoms with Gasteiger partial charge in [0.15, 0.2) is 0 Å². The first kappa shape index (κ1) is 11.7. The van der Waals surface area contributed by atoms with E-state index < -0.39 is 0 Å². The zero-order valence-electron chi connectivity index (χ0n) is 11.6. The van der Waals surface area contributed by atoms with Crippen LogP contribution in [-0.4, -0.2) is 60.6 Å². The molecule has 3 atom stereocenters. The van der Waals surface area contributed by atoms with Crippen molar-refractivity contribution in [1.29, 1.82) is 0 Å². The summed E-state index contributed by atoms with van der Waals surface area (Å²) in [6, 6.07) is 3.37. The molecule has 5 fully saturated rings. The Labute approximate surface area is 111 Å². The van der Waals surface area contributed by atoms with Gasteiger partial charge in [0.1, 0.15) is 0 Å². The largest absolute Gasteiger partial charge is 0.311 e. The van der Waals surface area contributed by atoms with Gasteiger partial charge in [0.05, 0.1) is 0 Å². The van der Waals surface area contributed by atoms with E-state index in [1.807, 2.05) is 0 Å². The van der Waals surface area contributed by atoms with Gasteiger partial charge in [-0.3, -0.25) is 4.90 Å². The molecular formula is C15H27N3. The predicted octanol–water partition coefficient (Wildman–Crippen LogP) is 1.30. The average molecular weight is 249 g/mol. The Kier molecular flexibility index (Phi) is 2.90. The molecule has 3 heteroatoms. The number of rotatable bonds is 2. The standard InChI is InChI=1S/C15H27N3/c1-17(14-8-12-2-3-13(9-14)16-12)15-10-18-6-4-11(15)5-7-18/h11-16H,2-10H2,1H3. The third kappa shape index (κ3) is 1.91. The van der Waals surface area contributed by atoms with Crippen LogP contribution >= 0.6 is 0 Å². The molecule has 18 heavy (non-hydrogen) atoms. The van der Waals surface area contributed by atoms with Gasteiger partial charge in [-0.2, -0.15) is 0 Å². The molecule has 5 saturated heterocycles. The van der Waals surface area contributed by atoms with Crippen LogP contribution < -0.4 is 5.32 Å². The van der Waals surface area contributed by atoms with Gasteiger partial charge >= 0.3 is 0 Å². The summed E-state index contributed by atoms with van der Waals surface area (Å²) in [4.78, 5) is 5.47. The van der Waals surface area contributed by atoms with Crippen LogP contribution in [0, 0.1) is 5.92 Å². The van der Waals surface area contributed by atoms with E-state index in [1.54, 1.807) is 0 Å². The van der Waals surface area contributed by atoms with Crippen molar-refractivity contribution < 1.29 is 0 Å². The molecule has 0 spiro atoms. The molecule has 0 aromatic carbocycles. The van der Waals surface area contributed by atoms with E-state index in [0.29, 0.717) is 0 Å². The lowest BCUT2D eigenvalue weighted by Crippen LogP contribution is -2.60. The van der Waals surface area contributed by atoms with Gasteiger partial charge in [-0.05, 0) is 64.6 Å². The molecule has 5 aliphatic rings. The Morgan fingerprint density at radius 2 is 1.67 bits per heavy atom. The summed E-state index contributed by atoms with van der Waals surface area (Å²) in [5, 5.41) is 3.77. The highest BCUT2D eigenvalue weighted by molar-refractivity contribution is 4.99. The minimum absolute atomic E-state index is 0.831. The first-order valence-electron chi connectivity index (χ1n) is 8.00. The van der Waals surface area contributed by atoms with Crippen LogP contribution in [0.2, 0.25) is 0 Å². The van der Waals surface area contributed by atoms with Crippen LogP contribution in [0.25, 0.3) is 0 Å². The Balaban J connectivity index is 1.45. The second kappa shape index (κ2) is 4.46. The predicted molar refractivity (Wildman–Crippen MR) is 73.7 cm³/mol. The van der Waals surface area contributed by atoms with E-state index in [1.165, 1.54) is 58.2 Å². The highest BCUT2D eigenvalue weighted by Gasteiger charge is 2.41. The molecule has 3 unspecified atom stereocenters. The van der Waals surface area contributed by atoms with Crippen LogP contribution in [0.5, 0.6) is 0 Å². The number of nitrogens with one attached hydrogen (secondary N) is 1. The zero-order chi connectivity index (χ0) is 12.1. The first-order valence-corrected chi connectivity index (χ1v) is 8.00. The molecule has 3 nitrogen and oxygen atoms in total. The van der Waals surface area contributed by atoms with Crippen LogP contribution in [0.3, 0.4) is 0 Å². The molecule has 5 rings (SSSR count). The second-order valence-corrected chi connectivity index (χ2v) is 7.13. The smallest absolute Gasteiger partial charge is 0.0252 e. The fraction of sp³-hybridized carbons (Fsp3) is 1.00. The Hall–Kier alpha value is -0.120. The fourth-order valence-electron chi connectivity index (χ4n) is 5.03. The average Bonchev–Trinajstić information content (AvgIpc) is 2.78. The fourth-order valence-corrected chi connectivity index (χ4v) is 5.03. The number of fused-ring (bicyclic) bond motifs is 5. The second-order valence-electron chi connectivity index (χ2n) is 7.13. The van der Waals surface area contributed by atoms with Crippen LogP contribution in [0.4, 0.5) is 0 Å². The van der Waals surface area contributed by atoms with E-state index in [9.17, 15) is 0 Å². The molecule has 5 heterocycles. The maximum Gasteiger partial charge on any atom is 0.0252 e. The monoisotopic (exact) mass is 249 g/mol. The lowest BCUT2D eigenvalue weighted by molar-refractivity contribution is -0.0102.